The lowest BCUT2D eigenvalue weighted by molar-refractivity contribution is 0.0288. The van der Waals surface area contributed by atoms with Gasteiger partial charge in [0.05, 0.1) is 19.3 Å². The Morgan fingerprint density at radius 1 is 1.24 bits per heavy atom. The highest BCUT2D eigenvalue weighted by atomic mass is 35.5. The second-order valence-corrected chi connectivity index (χ2v) is 6.75. The van der Waals surface area contributed by atoms with E-state index in [4.69, 9.17) is 16.3 Å². The average molecular weight is 326 g/mol. The molecule has 2 N–H and O–H groups in total. The van der Waals surface area contributed by atoms with Crippen molar-refractivity contribution in [2.24, 2.45) is 0 Å². The van der Waals surface area contributed by atoms with Crippen LogP contribution in [-0.2, 0) is 17.9 Å². The van der Waals surface area contributed by atoms with Gasteiger partial charge in [0.15, 0.2) is 0 Å². The van der Waals surface area contributed by atoms with Crippen LogP contribution in [0, 0.1) is 6.92 Å². The van der Waals surface area contributed by atoms with Crippen molar-refractivity contribution in [2.45, 2.75) is 26.2 Å². The first-order valence-corrected chi connectivity index (χ1v) is 8.09. The number of aliphatic hydroxyl groups excluding tert-OH is 1. The standard InChI is InChI=1S/C16H20ClNO2S/c1-12-2-7-16(21-12)9-18-8-15(19)11-20-10-13-3-5-14(17)6-4-13/h2-7,15,18-19H,8-11H2,1H3. The van der Waals surface area contributed by atoms with Crippen molar-refractivity contribution < 1.29 is 9.84 Å². The van der Waals surface area contributed by atoms with Crippen molar-refractivity contribution in [1.82, 2.24) is 5.32 Å². The molecule has 0 fully saturated rings. The maximum Gasteiger partial charge on any atom is 0.0897 e. The third kappa shape index (κ3) is 6.16. The largest absolute Gasteiger partial charge is 0.389 e. The Balaban J connectivity index is 1.59. The summed E-state index contributed by atoms with van der Waals surface area (Å²) in [6, 6.07) is 11.7. The Morgan fingerprint density at radius 3 is 2.67 bits per heavy atom. The summed E-state index contributed by atoms with van der Waals surface area (Å²) < 4.78 is 5.50. The fourth-order valence-corrected chi connectivity index (χ4v) is 2.88. The molecule has 0 aliphatic carbocycles. The molecule has 2 rings (SSSR count). The fourth-order valence-electron chi connectivity index (χ4n) is 1.89. The van der Waals surface area contributed by atoms with E-state index in [1.807, 2.05) is 24.3 Å². The van der Waals surface area contributed by atoms with Crippen molar-refractivity contribution in [2.75, 3.05) is 13.2 Å². The van der Waals surface area contributed by atoms with Gasteiger partial charge in [0.2, 0.25) is 0 Å². The molecule has 0 saturated heterocycles. The van der Waals surface area contributed by atoms with Crippen LogP contribution in [0.4, 0.5) is 0 Å². The van der Waals surface area contributed by atoms with Gasteiger partial charge in [-0.3, -0.25) is 0 Å². The first kappa shape index (κ1) is 16.5. The smallest absolute Gasteiger partial charge is 0.0897 e. The quantitative estimate of drug-likeness (QED) is 0.782. The summed E-state index contributed by atoms with van der Waals surface area (Å²) in [5.41, 5.74) is 1.05. The summed E-state index contributed by atoms with van der Waals surface area (Å²) in [5.74, 6) is 0. The molecule has 0 aliphatic rings. The third-order valence-corrected chi connectivity index (χ3v) is 4.22. The Labute approximate surface area is 134 Å². The summed E-state index contributed by atoms with van der Waals surface area (Å²) >= 11 is 7.59. The number of aliphatic hydroxyl groups is 1. The Morgan fingerprint density at radius 2 is 2.00 bits per heavy atom. The van der Waals surface area contributed by atoms with E-state index in [9.17, 15) is 5.11 Å². The first-order valence-electron chi connectivity index (χ1n) is 6.90. The zero-order valence-electron chi connectivity index (χ0n) is 12.0. The molecule has 114 valence electrons. The molecule has 1 unspecified atom stereocenters. The van der Waals surface area contributed by atoms with Gasteiger partial charge < -0.3 is 15.2 Å². The van der Waals surface area contributed by atoms with E-state index in [1.165, 1.54) is 9.75 Å². The normalized spacial score (nSPS) is 12.5. The number of hydrogen-bond donors (Lipinski definition) is 2. The number of rotatable bonds is 8. The van der Waals surface area contributed by atoms with Crippen LogP contribution in [0.1, 0.15) is 15.3 Å². The van der Waals surface area contributed by atoms with Gasteiger partial charge in [-0.05, 0) is 36.8 Å². The second-order valence-electron chi connectivity index (χ2n) is 4.94. The highest BCUT2D eigenvalue weighted by Gasteiger charge is 2.05. The average Bonchev–Trinajstić information content (AvgIpc) is 2.87. The maximum atomic E-state index is 9.85. The molecule has 0 spiro atoms. The van der Waals surface area contributed by atoms with E-state index in [2.05, 4.69) is 24.4 Å². The van der Waals surface area contributed by atoms with Crippen molar-refractivity contribution in [3.05, 3.63) is 56.7 Å². The van der Waals surface area contributed by atoms with Gasteiger partial charge in [-0.2, -0.15) is 0 Å². The Hall–Kier alpha value is -0.910. The van der Waals surface area contributed by atoms with E-state index in [-0.39, 0.29) is 0 Å². The van der Waals surface area contributed by atoms with Crippen molar-refractivity contribution in [1.29, 1.82) is 0 Å². The minimum Gasteiger partial charge on any atom is -0.389 e. The zero-order chi connectivity index (χ0) is 15.1. The van der Waals surface area contributed by atoms with Gasteiger partial charge in [0, 0.05) is 27.9 Å². The van der Waals surface area contributed by atoms with E-state index in [1.54, 1.807) is 11.3 Å². The first-order chi connectivity index (χ1) is 10.1. The number of nitrogens with one attached hydrogen (secondary N) is 1. The van der Waals surface area contributed by atoms with E-state index in [0.717, 1.165) is 12.1 Å². The lowest BCUT2D eigenvalue weighted by Crippen LogP contribution is -2.29. The van der Waals surface area contributed by atoms with Gasteiger partial charge >= 0.3 is 0 Å². The van der Waals surface area contributed by atoms with Gasteiger partial charge in [0.25, 0.3) is 0 Å². The number of halogens is 1. The molecular weight excluding hydrogens is 306 g/mol. The van der Waals surface area contributed by atoms with Crippen LogP contribution < -0.4 is 5.32 Å². The van der Waals surface area contributed by atoms with Crippen LogP contribution in [-0.4, -0.2) is 24.4 Å². The molecule has 0 amide bonds. The van der Waals surface area contributed by atoms with Crippen molar-refractivity contribution >= 4 is 22.9 Å². The highest BCUT2D eigenvalue weighted by Crippen LogP contribution is 2.14. The van der Waals surface area contributed by atoms with Crippen LogP contribution in [0.25, 0.3) is 0 Å². The number of ether oxygens (including phenoxy) is 1. The summed E-state index contributed by atoms with van der Waals surface area (Å²) in [4.78, 5) is 2.58. The van der Waals surface area contributed by atoms with Crippen LogP contribution in [0.5, 0.6) is 0 Å². The molecule has 21 heavy (non-hydrogen) atoms. The van der Waals surface area contributed by atoms with Gasteiger partial charge in [-0.1, -0.05) is 23.7 Å². The molecule has 1 aromatic heterocycles. The van der Waals surface area contributed by atoms with Crippen molar-refractivity contribution in [3.8, 4) is 0 Å². The molecular formula is C16H20ClNO2S. The molecule has 0 saturated carbocycles. The number of aryl methyl sites for hydroxylation is 1. The zero-order valence-corrected chi connectivity index (χ0v) is 13.6. The number of hydrogen-bond acceptors (Lipinski definition) is 4. The minimum absolute atomic E-state index is 0.319. The maximum absolute atomic E-state index is 9.85. The Bertz CT molecular complexity index is 541. The summed E-state index contributed by atoms with van der Waals surface area (Å²) in [6.07, 6.45) is -0.502. The Kier molecular flexibility index (Phi) is 6.67. The summed E-state index contributed by atoms with van der Waals surface area (Å²) in [7, 11) is 0. The molecule has 5 heteroatoms. The molecule has 1 heterocycles. The minimum atomic E-state index is -0.502. The molecule has 2 aromatic rings. The van der Waals surface area contributed by atoms with E-state index in [0.29, 0.717) is 24.8 Å². The predicted octanol–water partition coefficient (Wildman–Crippen LogP) is 3.38. The van der Waals surface area contributed by atoms with E-state index >= 15 is 0 Å². The van der Waals surface area contributed by atoms with Gasteiger partial charge in [-0.25, -0.2) is 0 Å². The predicted molar refractivity (Wildman–Crippen MR) is 87.9 cm³/mol. The molecule has 0 radical (unpaired) electrons. The van der Waals surface area contributed by atoms with E-state index < -0.39 is 6.10 Å². The molecule has 0 bridgehead atoms. The lowest BCUT2D eigenvalue weighted by atomic mass is 10.2. The monoisotopic (exact) mass is 325 g/mol. The number of thiophene rings is 1. The van der Waals surface area contributed by atoms with Crippen LogP contribution in [0.3, 0.4) is 0 Å². The molecule has 1 aromatic carbocycles. The number of benzene rings is 1. The molecule has 0 aliphatic heterocycles. The second kappa shape index (κ2) is 8.51. The summed E-state index contributed by atoms with van der Waals surface area (Å²) in [5, 5.41) is 13.8. The molecule has 1 atom stereocenters. The topological polar surface area (TPSA) is 41.5 Å². The van der Waals surface area contributed by atoms with Crippen LogP contribution >= 0.6 is 22.9 Å². The third-order valence-electron chi connectivity index (χ3n) is 2.97. The van der Waals surface area contributed by atoms with Gasteiger partial charge in [-0.15, -0.1) is 11.3 Å². The molecule has 3 nitrogen and oxygen atoms in total. The van der Waals surface area contributed by atoms with Gasteiger partial charge in [0.1, 0.15) is 0 Å². The fraction of sp³-hybridized carbons (Fsp3) is 0.375. The SMILES string of the molecule is Cc1ccc(CNCC(O)COCc2ccc(Cl)cc2)s1. The van der Waals surface area contributed by atoms with Crippen LogP contribution in [0.2, 0.25) is 5.02 Å². The van der Waals surface area contributed by atoms with Crippen LogP contribution in [0.15, 0.2) is 36.4 Å². The lowest BCUT2D eigenvalue weighted by Gasteiger charge is -2.12. The van der Waals surface area contributed by atoms with Crippen molar-refractivity contribution in [3.63, 3.8) is 0 Å². The highest BCUT2D eigenvalue weighted by molar-refractivity contribution is 7.11. The summed E-state index contributed by atoms with van der Waals surface area (Å²) in [6.45, 7) is 4.20.